The first-order valence-electron chi connectivity index (χ1n) is 2.35. The van der Waals surface area contributed by atoms with Gasteiger partial charge in [-0.1, -0.05) is 6.92 Å². The number of hydrogen-bond acceptors (Lipinski definition) is 1. The van der Waals surface area contributed by atoms with Crippen molar-refractivity contribution in [1.29, 1.82) is 0 Å². The molecule has 2 N–H and O–H groups in total. The van der Waals surface area contributed by atoms with Crippen molar-refractivity contribution in [3.63, 3.8) is 0 Å². The fourth-order valence-electron chi connectivity index (χ4n) is 0. The lowest BCUT2D eigenvalue weighted by atomic mass is 10.1. The van der Waals surface area contributed by atoms with Crippen LogP contribution in [0.4, 0.5) is 0 Å². The molecule has 0 rings (SSSR count). The number of rotatable bonds is 1. The fourth-order valence-corrected chi connectivity index (χ4v) is 0. The Hall–Kier alpha value is 0.440. The summed E-state index contributed by atoms with van der Waals surface area (Å²) in [5.41, 5.74) is 5.58. The van der Waals surface area contributed by atoms with Gasteiger partial charge in [0.2, 0.25) is 0 Å². The third-order valence-electron chi connectivity index (χ3n) is 0.911. The van der Waals surface area contributed by atoms with Crippen LogP contribution in [0.15, 0.2) is 0 Å². The van der Waals surface area contributed by atoms with Crippen LogP contribution in [-0.4, -0.2) is 5.54 Å². The first-order valence-corrected chi connectivity index (χ1v) is 2.35. The van der Waals surface area contributed by atoms with E-state index in [2.05, 4.69) is 6.92 Å². The number of hydrogen-bond donors (Lipinski definition) is 1. The second-order valence-electron chi connectivity index (χ2n) is 2.34. The largest absolute Gasteiger partial charge is 0.326 e. The van der Waals surface area contributed by atoms with Crippen LogP contribution in [-0.2, 0) is 0 Å². The van der Waals surface area contributed by atoms with Crippen LogP contribution in [0.3, 0.4) is 0 Å². The Kier molecular flexibility index (Phi) is 5.13. The normalized spacial score (nSPS) is 10.3. The molecule has 0 spiro atoms. The van der Waals surface area contributed by atoms with E-state index in [-0.39, 0.29) is 22.5 Å². The molecular formula is C5H14BrN. The third kappa shape index (κ3) is 10.7. The lowest BCUT2D eigenvalue weighted by Gasteiger charge is -2.13. The first-order chi connectivity index (χ1) is 2.56. The predicted molar refractivity (Wildman–Crippen MR) is 38.9 cm³/mol. The van der Waals surface area contributed by atoms with E-state index in [1.807, 2.05) is 13.8 Å². The molecule has 0 unspecified atom stereocenters. The molecule has 1 nitrogen and oxygen atoms in total. The van der Waals surface area contributed by atoms with Gasteiger partial charge in [0.25, 0.3) is 0 Å². The van der Waals surface area contributed by atoms with E-state index in [1.165, 1.54) is 0 Å². The summed E-state index contributed by atoms with van der Waals surface area (Å²) in [6.45, 7) is 6.12. The van der Waals surface area contributed by atoms with Crippen LogP contribution in [0.5, 0.6) is 0 Å². The molecule has 0 aliphatic rings. The number of halogens is 1. The van der Waals surface area contributed by atoms with E-state index in [0.29, 0.717) is 0 Å². The molecule has 0 fully saturated rings. The second-order valence-corrected chi connectivity index (χ2v) is 2.34. The van der Waals surface area contributed by atoms with E-state index in [0.717, 1.165) is 6.42 Å². The lowest BCUT2D eigenvalue weighted by Crippen LogP contribution is -2.30. The summed E-state index contributed by atoms with van der Waals surface area (Å²) in [5, 5.41) is 0. The molecule has 0 saturated carbocycles. The zero-order valence-electron chi connectivity index (χ0n) is 5.19. The Labute approximate surface area is 56.1 Å². The van der Waals surface area contributed by atoms with Gasteiger partial charge in [-0.15, -0.1) is 17.0 Å². The first kappa shape index (κ1) is 10.4. The zero-order valence-corrected chi connectivity index (χ0v) is 6.91. The summed E-state index contributed by atoms with van der Waals surface area (Å²) in [7, 11) is 0. The molecular weight excluding hydrogens is 154 g/mol. The summed E-state index contributed by atoms with van der Waals surface area (Å²) in [4.78, 5) is 0. The maximum absolute atomic E-state index is 5.53. The molecule has 0 atom stereocenters. The Morgan fingerprint density at radius 3 is 1.57 bits per heavy atom. The van der Waals surface area contributed by atoms with Gasteiger partial charge in [0, 0.05) is 5.54 Å². The van der Waals surface area contributed by atoms with Crippen molar-refractivity contribution in [2.24, 2.45) is 5.73 Å². The quantitative estimate of drug-likeness (QED) is 0.633. The van der Waals surface area contributed by atoms with Crippen molar-refractivity contribution in [3.8, 4) is 0 Å². The van der Waals surface area contributed by atoms with Gasteiger partial charge in [0.1, 0.15) is 0 Å². The van der Waals surface area contributed by atoms with Crippen LogP contribution >= 0.6 is 17.0 Å². The van der Waals surface area contributed by atoms with Crippen LogP contribution in [0.25, 0.3) is 0 Å². The molecule has 2 heteroatoms. The van der Waals surface area contributed by atoms with Gasteiger partial charge in [-0.3, -0.25) is 0 Å². The zero-order chi connectivity index (χ0) is 5.21. The average Bonchev–Trinajstić information content (AvgIpc) is 1.35. The summed E-state index contributed by atoms with van der Waals surface area (Å²) in [6.07, 6.45) is 1.05. The topological polar surface area (TPSA) is 26.0 Å². The minimum absolute atomic E-state index is 0. The molecule has 7 heavy (non-hydrogen) atoms. The van der Waals surface area contributed by atoms with Crippen LogP contribution in [0.2, 0.25) is 0 Å². The van der Waals surface area contributed by atoms with Crippen molar-refractivity contribution in [2.45, 2.75) is 32.7 Å². The molecule has 0 aromatic heterocycles. The van der Waals surface area contributed by atoms with Crippen molar-refractivity contribution in [1.82, 2.24) is 0 Å². The standard InChI is InChI=1S/C5H13N.BrH/c1-4-5(2,3)6;/h4,6H2,1-3H3;1H. The van der Waals surface area contributed by atoms with Gasteiger partial charge >= 0.3 is 0 Å². The highest BCUT2D eigenvalue weighted by Crippen LogP contribution is 1.99. The maximum Gasteiger partial charge on any atom is 0.00944 e. The van der Waals surface area contributed by atoms with E-state index >= 15 is 0 Å². The highest BCUT2D eigenvalue weighted by Gasteiger charge is 2.03. The predicted octanol–water partition coefficient (Wildman–Crippen LogP) is 1.71. The molecule has 0 amide bonds. The second kappa shape index (κ2) is 3.44. The molecule has 46 valence electrons. The van der Waals surface area contributed by atoms with Gasteiger partial charge in [-0.05, 0) is 20.3 Å². The summed E-state index contributed by atoms with van der Waals surface area (Å²) in [5.74, 6) is 0. The summed E-state index contributed by atoms with van der Waals surface area (Å²) < 4.78 is 0. The number of nitrogens with two attached hydrogens (primary N) is 1. The van der Waals surface area contributed by atoms with Crippen molar-refractivity contribution >= 4 is 17.0 Å². The van der Waals surface area contributed by atoms with Crippen LogP contribution < -0.4 is 5.73 Å². The molecule has 0 aliphatic heterocycles. The maximum atomic E-state index is 5.53. The van der Waals surface area contributed by atoms with Gasteiger partial charge in [0.05, 0.1) is 0 Å². The lowest BCUT2D eigenvalue weighted by molar-refractivity contribution is 0.501. The van der Waals surface area contributed by atoms with Crippen LogP contribution in [0.1, 0.15) is 27.2 Å². The highest BCUT2D eigenvalue weighted by atomic mass is 79.9. The van der Waals surface area contributed by atoms with Gasteiger partial charge < -0.3 is 5.73 Å². The third-order valence-corrected chi connectivity index (χ3v) is 0.911. The van der Waals surface area contributed by atoms with Crippen molar-refractivity contribution < 1.29 is 0 Å². The Morgan fingerprint density at radius 1 is 1.43 bits per heavy atom. The Bertz CT molecular complexity index is 37.8. The van der Waals surface area contributed by atoms with Crippen LogP contribution in [0, 0.1) is 0 Å². The smallest absolute Gasteiger partial charge is 0.00944 e. The van der Waals surface area contributed by atoms with Crippen molar-refractivity contribution in [2.75, 3.05) is 0 Å². The van der Waals surface area contributed by atoms with E-state index < -0.39 is 0 Å². The molecule has 0 radical (unpaired) electrons. The summed E-state index contributed by atoms with van der Waals surface area (Å²) >= 11 is 0. The van der Waals surface area contributed by atoms with Gasteiger partial charge in [-0.25, -0.2) is 0 Å². The monoisotopic (exact) mass is 167 g/mol. The fraction of sp³-hybridized carbons (Fsp3) is 1.00. The minimum Gasteiger partial charge on any atom is -0.326 e. The minimum atomic E-state index is 0. The molecule has 0 bridgehead atoms. The SMILES string of the molecule is Br.CCC(C)(C)N. The molecule has 0 heterocycles. The van der Waals surface area contributed by atoms with Crippen molar-refractivity contribution in [3.05, 3.63) is 0 Å². The Morgan fingerprint density at radius 2 is 1.57 bits per heavy atom. The molecule has 0 aromatic carbocycles. The van der Waals surface area contributed by atoms with E-state index in [4.69, 9.17) is 5.73 Å². The Balaban J connectivity index is 0. The summed E-state index contributed by atoms with van der Waals surface area (Å²) in [6, 6.07) is 0. The highest BCUT2D eigenvalue weighted by molar-refractivity contribution is 8.93. The molecule has 0 aromatic rings. The van der Waals surface area contributed by atoms with E-state index in [1.54, 1.807) is 0 Å². The average molecular weight is 168 g/mol. The van der Waals surface area contributed by atoms with Gasteiger partial charge in [0.15, 0.2) is 0 Å². The molecule has 0 aliphatic carbocycles. The molecule has 0 saturated heterocycles. The van der Waals surface area contributed by atoms with E-state index in [9.17, 15) is 0 Å². The van der Waals surface area contributed by atoms with Gasteiger partial charge in [-0.2, -0.15) is 0 Å².